The van der Waals surface area contributed by atoms with Crippen molar-refractivity contribution in [3.05, 3.63) is 21.9 Å². The Morgan fingerprint density at radius 1 is 1.16 bits per heavy atom. The Morgan fingerprint density at radius 2 is 1.84 bits per heavy atom. The quantitative estimate of drug-likeness (QED) is 0.744. The molecule has 0 aliphatic carbocycles. The van der Waals surface area contributed by atoms with Crippen molar-refractivity contribution in [1.29, 1.82) is 0 Å². The van der Waals surface area contributed by atoms with Gasteiger partial charge < -0.3 is 14.9 Å². The molecule has 3 rings (SSSR count). The second-order valence-electron chi connectivity index (χ2n) is 7.51. The van der Waals surface area contributed by atoms with Crippen molar-refractivity contribution in [1.82, 2.24) is 14.7 Å². The predicted octanol–water partition coefficient (Wildman–Crippen LogP) is 1.63. The predicted molar refractivity (Wildman–Crippen MR) is 102 cm³/mol. The smallest absolute Gasteiger partial charge is 0.169 e. The topological polar surface area (TPSA) is 47.0 Å². The number of likely N-dealkylation sites (N-methyl/N-ethyl adjacent to an activating group) is 1. The van der Waals surface area contributed by atoms with Crippen LogP contribution in [0.2, 0.25) is 0 Å². The maximum Gasteiger partial charge on any atom is 0.169 e. The van der Waals surface area contributed by atoms with Crippen molar-refractivity contribution in [3.63, 3.8) is 0 Å². The lowest BCUT2D eigenvalue weighted by Gasteiger charge is -2.36. The van der Waals surface area contributed by atoms with E-state index in [0.717, 1.165) is 50.7 Å². The molecule has 3 heterocycles. The fourth-order valence-corrected chi connectivity index (χ4v) is 4.91. The van der Waals surface area contributed by atoms with Crippen LogP contribution in [0, 0.1) is 11.8 Å². The molecule has 5 nitrogen and oxygen atoms in total. The summed E-state index contributed by atoms with van der Waals surface area (Å²) in [6.07, 6.45) is 0. The molecule has 0 bridgehead atoms. The number of rotatable bonds is 7. The van der Waals surface area contributed by atoms with E-state index in [0.29, 0.717) is 11.8 Å². The van der Waals surface area contributed by atoms with Crippen molar-refractivity contribution >= 4 is 17.1 Å². The molecule has 2 saturated heterocycles. The molecule has 140 valence electrons. The number of ketones is 1. The number of thiophene rings is 1. The molecule has 0 aromatic carbocycles. The van der Waals surface area contributed by atoms with Gasteiger partial charge in [-0.1, -0.05) is 6.92 Å². The van der Waals surface area contributed by atoms with E-state index in [1.165, 1.54) is 18.7 Å². The minimum Gasteiger partial charge on any atom is -0.396 e. The van der Waals surface area contributed by atoms with Gasteiger partial charge >= 0.3 is 0 Å². The normalized spacial score (nSPS) is 26.4. The summed E-state index contributed by atoms with van der Waals surface area (Å²) in [6, 6.07) is 2.03. The van der Waals surface area contributed by atoms with Gasteiger partial charge in [0.05, 0.1) is 4.88 Å². The largest absolute Gasteiger partial charge is 0.396 e. The van der Waals surface area contributed by atoms with Crippen LogP contribution in [0.1, 0.15) is 29.1 Å². The summed E-state index contributed by atoms with van der Waals surface area (Å²) >= 11 is 1.54. The molecule has 0 amide bonds. The van der Waals surface area contributed by atoms with Crippen LogP contribution in [0.4, 0.5) is 0 Å². The van der Waals surface area contributed by atoms with E-state index in [1.54, 1.807) is 18.3 Å². The zero-order valence-electron chi connectivity index (χ0n) is 15.5. The molecule has 0 spiro atoms. The van der Waals surface area contributed by atoms with Crippen LogP contribution in [0.25, 0.3) is 0 Å². The van der Waals surface area contributed by atoms with Crippen LogP contribution in [0.5, 0.6) is 0 Å². The molecule has 1 aromatic rings. The van der Waals surface area contributed by atoms with E-state index in [1.807, 2.05) is 6.07 Å². The first-order valence-electron chi connectivity index (χ1n) is 9.45. The highest BCUT2D eigenvalue weighted by Gasteiger charge is 2.34. The molecular weight excluding hydrogens is 334 g/mol. The Balaban J connectivity index is 1.52. The molecule has 0 saturated carbocycles. The lowest BCUT2D eigenvalue weighted by atomic mass is 9.96. The minimum absolute atomic E-state index is 0.148. The first kappa shape index (κ1) is 19.0. The van der Waals surface area contributed by atoms with Crippen LogP contribution < -0.4 is 0 Å². The zero-order valence-corrected chi connectivity index (χ0v) is 16.3. The number of piperazine rings is 1. The summed E-state index contributed by atoms with van der Waals surface area (Å²) in [4.78, 5) is 19.8. The Morgan fingerprint density at radius 3 is 2.44 bits per heavy atom. The number of aliphatic hydroxyl groups excluding tert-OH is 1. The average Bonchev–Trinajstić information content (AvgIpc) is 3.23. The molecule has 2 aliphatic heterocycles. The summed E-state index contributed by atoms with van der Waals surface area (Å²) in [5.74, 6) is 1.06. The maximum absolute atomic E-state index is 11.5. The van der Waals surface area contributed by atoms with Crippen LogP contribution >= 0.6 is 11.3 Å². The van der Waals surface area contributed by atoms with Crippen molar-refractivity contribution < 1.29 is 9.90 Å². The molecular formula is C19H31N3O2S. The highest BCUT2D eigenvalue weighted by molar-refractivity contribution is 7.12. The van der Waals surface area contributed by atoms with E-state index >= 15 is 0 Å². The second kappa shape index (κ2) is 8.73. The van der Waals surface area contributed by atoms with Crippen molar-refractivity contribution in [3.8, 4) is 0 Å². The van der Waals surface area contributed by atoms with E-state index < -0.39 is 0 Å². The van der Waals surface area contributed by atoms with Gasteiger partial charge in [-0.3, -0.25) is 9.69 Å². The highest BCUT2D eigenvalue weighted by atomic mass is 32.1. The van der Waals surface area contributed by atoms with Crippen LogP contribution in [-0.4, -0.2) is 84.6 Å². The first-order chi connectivity index (χ1) is 12.1. The van der Waals surface area contributed by atoms with E-state index in [9.17, 15) is 9.90 Å². The molecule has 0 radical (unpaired) electrons. The Labute approximate surface area is 155 Å². The van der Waals surface area contributed by atoms with Gasteiger partial charge in [-0.25, -0.2) is 0 Å². The lowest BCUT2D eigenvalue weighted by molar-refractivity contribution is 0.102. The number of carbonyl (C=O) groups is 1. The van der Waals surface area contributed by atoms with Gasteiger partial charge in [0.15, 0.2) is 5.78 Å². The zero-order chi connectivity index (χ0) is 17.8. The Kier molecular flexibility index (Phi) is 6.63. The summed E-state index contributed by atoms with van der Waals surface area (Å²) < 4.78 is 0. The average molecular weight is 366 g/mol. The molecule has 1 N–H and O–H groups in total. The van der Waals surface area contributed by atoms with Crippen LogP contribution in [-0.2, 0) is 6.54 Å². The van der Waals surface area contributed by atoms with Crippen molar-refractivity contribution in [2.24, 2.45) is 11.8 Å². The molecule has 25 heavy (non-hydrogen) atoms. The molecule has 6 heteroatoms. The summed E-state index contributed by atoms with van der Waals surface area (Å²) in [5, 5.41) is 11.9. The Hall–Kier alpha value is -0.790. The minimum atomic E-state index is 0.148. The van der Waals surface area contributed by atoms with E-state index in [2.05, 4.69) is 27.0 Å². The first-order valence-corrected chi connectivity index (χ1v) is 10.3. The third kappa shape index (κ3) is 4.89. The number of Topliss-reactive ketones (excluding diaryl/α,β-unsaturated/α-hetero) is 1. The van der Waals surface area contributed by atoms with Gasteiger partial charge in [-0.2, -0.15) is 0 Å². The number of aliphatic hydroxyl groups is 1. The number of hydrogen-bond donors (Lipinski definition) is 1. The fraction of sp³-hybridized carbons (Fsp3) is 0.737. The van der Waals surface area contributed by atoms with Gasteiger partial charge in [-0.15, -0.1) is 11.3 Å². The number of hydrogen-bond acceptors (Lipinski definition) is 6. The molecule has 2 aliphatic rings. The van der Waals surface area contributed by atoms with Crippen molar-refractivity contribution in [2.45, 2.75) is 20.4 Å². The van der Waals surface area contributed by atoms with Crippen LogP contribution in [0.3, 0.4) is 0 Å². The lowest BCUT2D eigenvalue weighted by Crippen LogP contribution is -2.48. The SMILES string of the molecule is CCN1CCN(C[C@@H]2CN(Cc3csc(C(C)=O)c3)C[C@@H]2CO)CC1. The number of nitrogens with zero attached hydrogens (tertiary/aromatic N) is 3. The third-order valence-electron chi connectivity index (χ3n) is 5.70. The monoisotopic (exact) mass is 365 g/mol. The summed E-state index contributed by atoms with van der Waals surface area (Å²) in [7, 11) is 0. The Bertz CT molecular complexity index is 569. The van der Waals surface area contributed by atoms with Gasteiger partial charge in [0, 0.05) is 59.0 Å². The molecule has 1 aromatic heterocycles. The summed E-state index contributed by atoms with van der Waals surface area (Å²) in [6.45, 7) is 13.9. The van der Waals surface area contributed by atoms with E-state index in [-0.39, 0.29) is 12.4 Å². The van der Waals surface area contributed by atoms with Crippen molar-refractivity contribution in [2.75, 3.05) is 59.0 Å². The van der Waals surface area contributed by atoms with Gasteiger partial charge in [-0.05, 0) is 42.3 Å². The molecule has 2 atom stereocenters. The fourth-order valence-electron chi connectivity index (χ4n) is 4.10. The second-order valence-corrected chi connectivity index (χ2v) is 8.42. The summed E-state index contributed by atoms with van der Waals surface area (Å²) in [5.41, 5.74) is 1.23. The number of carbonyl (C=O) groups excluding carboxylic acids is 1. The van der Waals surface area contributed by atoms with Gasteiger partial charge in [0.1, 0.15) is 0 Å². The maximum atomic E-state index is 11.5. The standard InChI is InChI=1S/C19H31N3O2S/c1-3-20-4-6-21(7-5-20)10-17-11-22(12-18(17)13-23)9-16-8-19(15(2)24)25-14-16/h8,14,17-18,23H,3-7,9-13H2,1-2H3/t17-,18-/m1/s1. The molecule has 0 unspecified atom stereocenters. The highest BCUT2D eigenvalue weighted by Crippen LogP contribution is 2.27. The number of likely N-dealkylation sites (tertiary alicyclic amines) is 1. The third-order valence-corrected chi connectivity index (χ3v) is 6.78. The van der Waals surface area contributed by atoms with Gasteiger partial charge in [0.25, 0.3) is 0 Å². The molecule has 2 fully saturated rings. The van der Waals surface area contributed by atoms with Gasteiger partial charge in [0.2, 0.25) is 0 Å². The van der Waals surface area contributed by atoms with E-state index in [4.69, 9.17) is 0 Å². The van der Waals surface area contributed by atoms with Crippen LogP contribution in [0.15, 0.2) is 11.4 Å².